The Bertz CT molecular complexity index is 468. The second kappa shape index (κ2) is 5.36. The number of hydrogen-bond acceptors (Lipinski definition) is 1. The minimum atomic E-state index is 0.238. The molecule has 0 aliphatic heterocycles. The third kappa shape index (κ3) is 3.08. The van der Waals surface area contributed by atoms with Gasteiger partial charge in [0.05, 0.1) is 0 Å². The largest absolute Gasteiger partial charge is 0.153 e. The predicted octanol–water partition coefficient (Wildman–Crippen LogP) is 5.69. The highest BCUT2D eigenvalue weighted by Gasteiger charge is 2.40. The molecule has 1 heteroatoms. The second-order valence-corrected chi connectivity index (χ2v) is 7.94. The first-order valence-corrected chi connectivity index (χ1v) is 8.40. The molecule has 19 heavy (non-hydrogen) atoms. The molecule has 0 amide bonds. The highest BCUT2D eigenvalue weighted by atomic mass is 32.2. The molecule has 0 N–H and O–H groups in total. The average molecular weight is 274 g/mol. The maximum Gasteiger partial charge on any atom is 0.0448 e. The van der Waals surface area contributed by atoms with Gasteiger partial charge >= 0.3 is 0 Å². The molecule has 1 atom stereocenters. The lowest BCUT2D eigenvalue weighted by Gasteiger charge is -2.43. The molecule has 0 spiro atoms. The monoisotopic (exact) mass is 274 g/mol. The molecule has 0 aromatic rings. The van der Waals surface area contributed by atoms with Crippen LogP contribution in [-0.4, -0.2) is 11.0 Å². The lowest BCUT2D eigenvalue weighted by Crippen LogP contribution is -2.35. The summed E-state index contributed by atoms with van der Waals surface area (Å²) in [5.74, 6) is 0. The lowest BCUT2D eigenvalue weighted by atomic mass is 9.71. The van der Waals surface area contributed by atoms with Crippen molar-refractivity contribution in [1.82, 2.24) is 0 Å². The van der Waals surface area contributed by atoms with Gasteiger partial charge in [-0.3, -0.25) is 0 Å². The van der Waals surface area contributed by atoms with Crippen LogP contribution >= 0.6 is 11.8 Å². The topological polar surface area (TPSA) is 0 Å². The van der Waals surface area contributed by atoms with E-state index in [4.69, 9.17) is 0 Å². The Kier molecular flexibility index (Phi) is 4.15. The predicted molar refractivity (Wildman–Crippen MR) is 88.6 cm³/mol. The zero-order valence-corrected chi connectivity index (χ0v) is 13.7. The summed E-state index contributed by atoms with van der Waals surface area (Å²) >= 11 is 2.03. The third-order valence-corrected chi connectivity index (χ3v) is 5.47. The molecule has 0 radical (unpaired) electrons. The molecule has 0 heterocycles. The van der Waals surface area contributed by atoms with Crippen molar-refractivity contribution in [3.8, 4) is 0 Å². The zero-order chi connectivity index (χ0) is 14.1. The Balaban J connectivity index is 2.37. The van der Waals surface area contributed by atoms with E-state index in [1.807, 2.05) is 11.8 Å². The minimum Gasteiger partial charge on any atom is -0.153 e. The van der Waals surface area contributed by atoms with Gasteiger partial charge in [-0.1, -0.05) is 62.3 Å². The van der Waals surface area contributed by atoms with E-state index in [2.05, 4.69) is 64.3 Å². The third-order valence-electron chi connectivity index (χ3n) is 4.15. The van der Waals surface area contributed by atoms with E-state index >= 15 is 0 Å². The molecule has 0 bridgehead atoms. The smallest absolute Gasteiger partial charge is 0.0448 e. The van der Waals surface area contributed by atoms with E-state index in [9.17, 15) is 0 Å². The van der Waals surface area contributed by atoms with E-state index in [0.717, 1.165) is 19.3 Å². The summed E-state index contributed by atoms with van der Waals surface area (Å²) in [5, 5.41) is 0. The van der Waals surface area contributed by atoms with Gasteiger partial charge in [0, 0.05) is 4.75 Å². The Morgan fingerprint density at radius 3 is 2.53 bits per heavy atom. The van der Waals surface area contributed by atoms with Gasteiger partial charge in [-0.2, -0.15) is 11.8 Å². The molecular weight excluding hydrogens is 248 g/mol. The Morgan fingerprint density at radius 1 is 1.26 bits per heavy atom. The molecule has 0 fully saturated rings. The van der Waals surface area contributed by atoms with Crippen molar-refractivity contribution >= 4 is 11.8 Å². The Hall–Kier alpha value is -0.690. The summed E-state index contributed by atoms with van der Waals surface area (Å²) in [6.45, 7) is 9.27. The summed E-state index contributed by atoms with van der Waals surface area (Å²) in [6, 6.07) is 0. The van der Waals surface area contributed by atoms with Crippen LogP contribution < -0.4 is 0 Å². The van der Waals surface area contributed by atoms with E-state index in [1.165, 1.54) is 11.1 Å². The van der Waals surface area contributed by atoms with Crippen LogP contribution in [0.15, 0.2) is 47.1 Å². The first-order chi connectivity index (χ1) is 8.87. The average Bonchev–Trinajstić information content (AvgIpc) is 2.83. The number of thioether (sulfide) groups is 1. The molecule has 2 rings (SSSR count). The molecule has 0 saturated heterocycles. The first-order valence-electron chi connectivity index (χ1n) is 7.17. The number of allylic oxidation sites excluding steroid dienone is 7. The molecular formula is C18H26S. The van der Waals surface area contributed by atoms with Crippen LogP contribution in [0, 0.1) is 5.41 Å². The van der Waals surface area contributed by atoms with Crippen molar-refractivity contribution < 1.29 is 0 Å². The highest BCUT2D eigenvalue weighted by Crippen LogP contribution is 2.50. The normalized spacial score (nSPS) is 27.1. The number of hydrogen-bond donors (Lipinski definition) is 0. The van der Waals surface area contributed by atoms with Gasteiger partial charge in [-0.15, -0.1) is 0 Å². The second-order valence-electron chi connectivity index (χ2n) is 6.75. The van der Waals surface area contributed by atoms with E-state index < -0.39 is 0 Å². The number of rotatable bonds is 3. The van der Waals surface area contributed by atoms with Gasteiger partial charge in [0.1, 0.15) is 0 Å². The Labute approximate surface area is 122 Å². The maximum atomic E-state index is 2.43. The van der Waals surface area contributed by atoms with Crippen molar-refractivity contribution in [2.24, 2.45) is 5.41 Å². The summed E-state index contributed by atoms with van der Waals surface area (Å²) in [6.07, 6.45) is 17.5. The summed E-state index contributed by atoms with van der Waals surface area (Å²) in [4.78, 5) is 0. The van der Waals surface area contributed by atoms with Gasteiger partial charge in [-0.05, 0) is 43.4 Å². The molecule has 2 aliphatic rings. The first kappa shape index (κ1) is 14.7. The van der Waals surface area contributed by atoms with E-state index in [-0.39, 0.29) is 10.2 Å². The van der Waals surface area contributed by atoms with Crippen molar-refractivity contribution in [3.63, 3.8) is 0 Å². The van der Waals surface area contributed by atoms with Crippen molar-refractivity contribution in [3.05, 3.63) is 47.1 Å². The SMILES string of the molecule is CSC1(CC2=CCC=C2)CC=C(C)C=C1C(C)(C)C. The fourth-order valence-corrected chi connectivity index (χ4v) is 4.30. The van der Waals surface area contributed by atoms with Gasteiger partial charge in [0.25, 0.3) is 0 Å². The van der Waals surface area contributed by atoms with Crippen LogP contribution in [0.5, 0.6) is 0 Å². The highest BCUT2D eigenvalue weighted by molar-refractivity contribution is 8.00. The fraction of sp³-hybridized carbons (Fsp3) is 0.556. The Morgan fingerprint density at radius 2 is 2.00 bits per heavy atom. The van der Waals surface area contributed by atoms with Gasteiger partial charge < -0.3 is 0 Å². The van der Waals surface area contributed by atoms with Crippen molar-refractivity contribution in [2.75, 3.05) is 6.26 Å². The standard InChI is InChI=1S/C18H26S/c1-14-10-11-18(19-5,13-15-8-6-7-9-15)16(12-14)17(2,3)4/h6,8-10,12H,7,11,13H2,1-5H3. The van der Waals surface area contributed by atoms with Crippen LogP contribution in [0.2, 0.25) is 0 Å². The summed E-state index contributed by atoms with van der Waals surface area (Å²) in [5.41, 5.74) is 4.78. The van der Waals surface area contributed by atoms with Crippen LogP contribution in [-0.2, 0) is 0 Å². The van der Waals surface area contributed by atoms with Gasteiger partial charge in [0.15, 0.2) is 0 Å². The van der Waals surface area contributed by atoms with E-state index in [0.29, 0.717) is 0 Å². The molecule has 0 aromatic heterocycles. The lowest BCUT2D eigenvalue weighted by molar-refractivity contribution is 0.437. The van der Waals surface area contributed by atoms with Crippen LogP contribution in [0.25, 0.3) is 0 Å². The van der Waals surface area contributed by atoms with Crippen molar-refractivity contribution in [2.45, 2.75) is 51.7 Å². The maximum absolute atomic E-state index is 2.43. The van der Waals surface area contributed by atoms with Crippen LogP contribution in [0.4, 0.5) is 0 Å². The van der Waals surface area contributed by atoms with E-state index in [1.54, 1.807) is 5.57 Å². The summed E-state index contributed by atoms with van der Waals surface area (Å²) < 4.78 is 0.248. The molecule has 0 saturated carbocycles. The fourth-order valence-electron chi connectivity index (χ4n) is 3.15. The molecule has 0 aromatic carbocycles. The van der Waals surface area contributed by atoms with Gasteiger partial charge in [0.2, 0.25) is 0 Å². The minimum absolute atomic E-state index is 0.238. The molecule has 2 aliphatic carbocycles. The van der Waals surface area contributed by atoms with Crippen LogP contribution in [0.3, 0.4) is 0 Å². The zero-order valence-electron chi connectivity index (χ0n) is 12.9. The quantitative estimate of drug-likeness (QED) is 0.637. The van der Waals surface area contributed by atoms with Crippen LogP contribution in [0.1, 0.15) is 47.0 Å². The summed E-state index contributed by atoms with van der Waals surface area (Å²) in [7, 11) is 0. The van der Waals surface area contributed by atoms with Crippen molar-refractivity contribution in [1.29, 1.82) is 0 Å². The molecule has 0 nitrogen and oxygen atoms in total. The van der Waals surface area contributed by atoms with Gasteiger partial charge in [-0.25, -0.2) is 0 Å². The molecule has 104 valence electrons. The molecule has 1 unspecified atom stereocenters.